The maximum absolute atomic E-state index is 13.3. The molecule has 0 saturated carbocycles. The summed E-state index contributed by atoms with van der Waals surface area (Å²) in [5.41, 5.74) is 0.507. The van der Waals surface area contributed by atoms with Gasteiger partial charge in [0, 0.05) is 5.56 Å². The highest BCUT2D eigenvalue weighted by molar-refractivity contribution is 5.79. The van der Waals surface area contributed by atoms with Crippen LogP contribution in [0.3, 0.4) is 0 Å². The number of hydrogen-bond donors (Lipinski definition) is 0. The zero-order valence-electron chi connectivity index (χ0n) is 10.8. The van der Waals surface area contributed by atoms with Gasteiger partial charge in [-0.2, -0.15) is 0 Å². The smallest absolute Gasteiger partial charge is 0.148 e. The van der Waals surface area contributed by atoms with Crippen molar-refractivity contribution in [3.8, 4) is 5.75 Å². The lowest BCUT2D eigenvalue weighted by atomic mass is 10.2. The fourth-order valence-corrected chi connectivity index (χ4v) is 1.52. The van der Waals surface area contributed by atoms with E-state index >= 15 is 0 Å². The summed E-state index contributed by atoms with van der Waals surface area (Å²) in [6.45, 7) is -0.290. The molecule has 2 aromatic rings. The zero-order chi connectivity index (χ0) is 14.4. The van der Waals surface area contributed by atoms with Gasteiger partial charge in [0.2, 0.25) is 0 Å². The summed E-state index contributed by atoms with van der Waals surface area (Å²) in [6.07, 6.45) is 2.61. The first-order valence-electron chi connectivity index (χ1n) is 5.85. The van der Waals surface area contributed by atoms with Crippen molar-refractivity contribution in [2.24, 2.45) is 5.16 Å². The van der Waals surface area contributed by atoms with Crippen molar-refractivity contribution in [2.45, 2.75) is 6.61 Å². The van der Waals surface area contributed by atoms with Gasteiger partial charge in [0.15, 0.2) is 0 Å². The first-order chi connectivity index (χ1) is 9.70. The molecule has 0 saturated heterocycles. The number of ether oxygens (including phenoxy) is 1. The predicted octanol–water partition coefficient (Wildman–Crippen LogP) is 3.40. The van der Waals surface area contributed by atoms with Crippen LogP contribution in [0, 0.1) is 11.6 Å². The lowest BCUT2D eigenvalue weighted by Crippen LogP contribution is -1.96. The molecule has 0 bridgehead atoms. The van der Waals surface area contributed by atoms with Crippen molar-refractivity contribution in [1.82, 2.24) is 0 Å². The second-order valence-corrected chi connectivity index (χ2v) is 3.91. The Morgan fingerprint density at radius 1 is 1.05 bits per heavy atom. The molecule has 2 rings (SSSR count). The van der Waals surface area contributed by atoms with Gasteiger partial charge in [-0.25, -0.2) is 8.78 Å². The Morgan fingerprint density at radius 2 is 1.70 bits per heavy atom. The van der Waals surface area contributed by atoms with Crippen LogP contribution in [0.2, 0.25) is 0 Å². The number of benzene rings is 2. The second kappa shape index (κ2) is 6.65. The van der Waals surface area contributed by atoms with Crippen LogP contribution in [0.1, 0.15) is 11.1 Å². The summed E-state index contributed by atoms with van der Waals surface area (Å²) < 4.78 is 31.6. The van der Waals surface area contributed by atoms with Crippen LogP contribution >= 0.6 is 0 Å². The molecule has 0 aliphatic carbocycles. The molecule has 0 heterocycles. The largest absolute Gasteiger partial charge is 0.497 e. The Kier molecular flexibility index (Phi) is 4.65. The van der Waals surface area contributed by atoms with Gasteiger partial charge in [-0.1, -0.05) is 11.2 Å². The van der Waals surface area contributed by atoms with E-state index in [1.54, 1.807) is 31.4 Å². The van der Waals surface area contributed by atoms with E-state index in [-0.39, 0.29) is 12.2 Å². The monoisotopic (exact) mass is 276 g/mol. The lowest BCUT2D eigenvalue weighted by Gasteiger charge is -2.02. The molecule has 0 unspecified atom stereocenters. The highest BCUT2D eigenvalue weighted by atomic mass is 19.1. The molecule has 0 amide bonds. The van der Waals surface area contributed by atoms with Gasteiger partial charge in [0.1, 0.15) is 30.2 Å². The van der Waals surface area contributed by atoms with Crippen LogP contribution < -0.4 is 4.74 Å². The zero-order valence-corrected chi connectivity index (χ0v) is 10.8. The topological polar surface area (TPSA) is 30.8 Å². The van der Waals surface area contributed by atoms with E-state index in [2.05, 4.69) is 11.4 Å². The number of hydrogen-bond acceptors (Lipinski definition) is 3. The molecular formula is C15H12F2NO2. The van der Waals surface area contributed by atoms with Crippen LogP contribution in [-0.4, -0.2) is 13.3 Å². The summed E-state index contributed by atoms with van der Waals surface area (Å²) in [5, 5.41) is 3.55. The van der Waals surface area contributed by atoms with Gasteiger partial charge >= 0.3 is 0 Å². The molecule has 0 fully saturated rings. The van der Waals surface area contributed by atoms with Crippen molar-refractivity contribution in [2.75, 3.05) is 7.11 Å². The molecule has 0 aromatic heterocycles. The Balaban J connectivity index is 1.93. The average molecular weight is 276 g/mol. The van der Waals surface area contributed by atoms with E-state index in [0.717, 1.165) is 0 Å². The van der Waals surface area contributed by atoms with Gasteiger partial charge in [0.25, 0.3) is 0 Å². The summed E-state index contributed by atoms with van der Waals surface area (Å²) in [6, 6.07) is 10.6. The molecular weight excluding hydrogens is 264 g/mol. The standard InChI is InChI=1S/C15H12F2NO2/c1-19-12-7-5-11(6-8-12)9-18-20-10-13-14(16)3-2-4-15(13)17/h2-8H,10H2,1H3. The Hall–Kier alpha value is -2.43. The molecule has 0 aliphatic rings. The predicted molar refractivity (Wildman–Crippen MR) is 70.7 cm³/mol. The summed E-state index contributed by atoms with van der Waals surface area (Å²) in [4.78, 5) is 4.84. The van der Waals surface area contributed by atoms with E-state index in [1.807, 2.05) is 0 Å². The van der Waals surface area contributed by atoms with Gasteiger partial charge in [-0.3, -0.25) is 0 Å². The van der Waals surface area contributed by atoms with E-state index in [9.17, 15) is 8.78 Å². The van der Waals surface area contributed by atoms with Crippen molar-refractivity contribution < 1.29 is 18.4 Å². The second-order valence-electron chi connectivity index (χ2n) is 3.91. The van der Waals surface area contributed by atoms with Crippen LogP contribution in [0.5, 0.6) is 5.75 Å². The van der Waals surface area contributed by atoms with Gasteiger partial charge in [-0.05, 0) is 36.4 Å². The molecule has 20 heavy (non-hydrogen) atoms. The molecule has 5 heteroatoms. The minimum absolute atomic E-state index is 0.159. The highest BCUT2D eigenvalue weighted by Gasteiger charge is 2.08. The van der Waals surface area contributed by atoms with Gasteiger partial charge < -0.3 is 9.57 Å². The summed E-state index contributed by atoms with van der Waals surface area (Å²) in [5.74, 6) is -0.612. The Bertz CT molecular complexity index is 577. The summed E-state index contributed by atoms with van der Waals surface area (Å²) in [7, 11) is 1.57. The maximum atomic E-state index is 13.3. The molecule has 103 valence electrons. The number of nitrogens with zero attached hydrogens (tertiary/aromatic N) is 1. The highest BCUT2D eigenvalue weighted by Crippen LogP contribution is 2.13. The van der Waals surface area contributed by atoms with E-state index in [4.69, 9.17) is 9.57 Å². The van der Waals surface area contributed by atoms with E-state index in [0.29, 0.717) is 11.3 Å². The molecule has 0 spiro atoms. The van der Waals surface area contributed by atoms with Crippen molar-refractivity contribution >= 4 is 6.21 Å². The van der Waals surface area contributed by atoms with E-state index < -0.39 is 11.6 Å². The van der Waals surface area contributed by atoms with Crippen LogP contribution in [0.25, 0.3) is 0 Å². The molecule has 2 aromatic carbocycles. The Morgan fingerprint density at radius 3 is 2.30 bits per heavy atom. The SMILES string of the molecule is COc1ccc(/[C]=N\OCc2c(F)cccc2F)cc1. The third-order valence-electron chi connectivity index (χ3n) is 2.60. The van der Waals surface area contributed by atoms with Gasteiger partial charge in [0.05, 0.1) is 12.7 Å². The van der Waals surface area contributed by atoms with Crippen LogP contribution in [-0.2, 0) is 11.4 Å². The minimum Gasteiger partial charge on any atom is -0.497 e. The molecule has 0 atom stereocenters. The third-order valence-corrected chi connectivity index (χ3v) is 2.60. The number of rotatable bonds is 5. The third kappa shape index (κ3) is 3.54. The quantitative estimate of drug-likeness (QED) is 0.619. The molecule has 0 aliphatic heterocycles. The lowest BCUT2D eigenvalue weighted by molar-refractivity contribution is 0.126. The fourth-order valence-electron chi connectivity index (χ4n) is 1.52. The van der Waals surface area contributed by atoms with Crippen molar-refractivity contribution in [3.05, 3.63) is 65.2 Å². The van der Waals surface area contributed by atoms with Gasteiger partial charge in [-0.15, -0.1) is 0 Å². The summed E-state index contributed by atoms with van der Waals surface area (Å²) >= 11 is 0. The molecule has 0 N–H and O–H groups in total. The normalized spacial score (nSPS) is 10.8. The Labute approximate surface area is 115 Å². The van der Waals surface area contributed by atoms with Crippen LogP contribution in [0.4, 0.5) is 8.78 Å². The number of halogens is 2. The van der Waals surface area contributed by atoms with Crippen LogP contribution in [0.15, 0.2) is 47.6 Å². The molecule has 3 nitrogen and oxygen atoms in total. The van der Waals surface area contributed by atoms with Crippen molar-refractivity contribution in [1.29, 1.82) is 0 Å². The first-order valence-corrected chi connectivity index (χ1v) is 5.85. The van der Waals surface area contributed by atoms with Crippen molar-refractivity contribution in [3.63, 3.8) is 0 Å². The average Bonchev–Trinajstić information content (AvgIpc) is 2.46. The number of methoxy groups -OCH3 is 1. The molecule has 1 radical (unpaired) electrons. The fraction of sp³-hybridized carbons (Fsp3) is 0.133. The first kappa shape index (κ1) is 14.0. The minimum atomic E-state index is -0.662. The van der Waals surface area contributed by atoms with E-state index in [1.165, 1.54) is 18.2 Å². The maximum Gasteiger partial charge on any atom is 0.148 e.